The Kier molecular flexibility index (Phi) is 6.70. The van der Waals surface area contributed by atoms with Gasteiger partial charge in [0, 0.05) is 24.7 Å². The van der Waals surface area contributed by atoms with Crippen molar-refractivity contribution in [1.29, 1.82) is 0 Å². The number of amides is 2. The standard InChI is InChI=1S/C12H17BrN2O3/c1-18-9-7-15(6-8-16)12(17)14-11-5-3-2-4-10(11)13/h2-5,16H,6-9H2,1H3,(H,14,17). The van der Waals surface area contributed by atoms with Crippen LogP contribution in [0, 0.1) is 0 Å². The second kappa shape index (κ2) is 8.07. The summed E-state index contributed by atoms with van der Waals surface area (Å²) in [5.74, 6) is 0. The van der Waals surface area contributed by atoms with E-state index >= 15 is 0 Å². The predicted octanol–water partition coefficient (Wildman–Crippen LogP) is 1.92. The first-order valence-corrected chi connectivity index (χ1v) is 6.38. The van der Waals surface area contributed by atoms with Crippen molar-refractivity contribution >= 4 is 27.6 Å². The Labute approximate surface area is 115 Å². The number of anilines is 1. The monoisotopic (exact) mass is 316 g/mol. The van der Waals surface area contributed by atoms with Crippen LogP contribution in [0.15, 0.2) is 28.7 Å². The van der Waals surface area contributed by atoms with E-state index in [9.17, 15) is 4.79 Å². The second-order valence-electron chi connectivity index (χ2n) is 3.61. The summed E-state index contributed by atoms with van der Waals surface area (Å²) in [6.07, 6.45) is 0. The van der Waals surface area contributed by atoms with Gasteiger partial charge < -0.3 is 20.1 Å². The summed E-state index contributed by atoms with van der Waals surface area (Å²) in [6.45, 7) is 1.07. The molecule has 1 rings (SSSR count). The number of carbonyl (C=O) groups excluding carboxylic acids is 1. The van der Waals surface area contributed by atoms with Gasteiger partial charge in [-0.05, 0) is 28.1 Å². The van der Waals surface area contributed by atoms with Gasteiger partial charge >= 0.3 is 6.03 Å². The maximum absolute atomic E-state index is 12.0. The maximum Gasteiger partial charge on any atom is 0.322 e. The van der Waals surface area contributed by atoms with Crippen LogP contribution in [0.4, 0.5) is 10.5 Å². The zero-order chi connectivity index (χ0) is 13.4. The molecule has 0 fully saturated rings. The van der Waals surface area contributed by atoms with Crippen molar-refractivity contribution < 1.29 is 14.6 Å². The summed E-state index contributed by atoms with van der Waals surface area (Å²) < 4.78 is 5.74. The molecule has 2 N–H and O–H groups in total. The number of carbonyl (C=O) groups is 1. The molecule has 5 nitrogen and oxygen atoms in total. The van der Waals surface area contributed by atoms with Crippen LogP contribution in [0.5, 0.6) is 0 Å². The van der Waals surface area contributed by atoms with Crippen LogP contribution in [0.2, 0.25) is 0 Å². The van der Waals surface area contributed by atoms with Crippen molar-refractivity contribution in [2.75, 3.05) is 38.7 Å². The van der Waals surface area contributed by atoms with Crippen molar-refractivity contribution in [2.24, 2.45) is 0 Å². The van der Waals surface area contributed by atoms with Crippen LogP contribution >= 0.6 is 15.9 Å². The van der Waals surface area contributed by atoms with Gasteiger partial charge in [-0.25, -0.2) is 4.79 Å². The first-order valence-electron chi connectivity index (χ1n) is 5.59. The number of para-hydroxylation sites is 1. The Balaban J connectivity index is 2.63. The average Bonchev–Trinajstić information content (AvgIpc) is 2.37. The number of ether oxygens (including phenoxy) is 1. The van der Waals surface area contributed by atoms with Gasteiger partial charge in [-0.3, -0.25) is 0 Å². The third kappa shape index (κ3) is 4.64. The molecule has 1 aromatic rings. The van der Waals surface area contributed by atoms with Crippen molar-refractivity contribution in [3.05, 3.63) is 28.7 Å². The number of rotatable bonds is 6. The van der Waals surface area contributed by atoms with Crippen LogP contribution in [-0.2, 0) is 4.74 Å². The number of benzene rings is 1. The number of nitrogens with one attached hydrogen (secondary N) is 1. The molecule has 0 spiro atoms. The molecule has 0 bridgehead atoms. The first-order chi connectivity index (χ1) is 8.69. The highest BCUT2D eigenvalue weighted by Crippen LogP contribution is 2.21. The highest BCUT2D eigenvalue weighted by atomic mass is 79.9. The molecule has 0 saturated heterocycles. The number of aliphatic hydroxyl groups is 1. The number of urea groups is 1. The Morgan fingerprint density at radius 1 is 1.44 bits per heavy atom. The third-order valence-corrected chi connectivity index (χ3v) is 3.03. The summed E-state index contributed by atoms with van der Waals surface area (Å²) in [7, 11) is 1.57. The van der Waals surface area contributed by atoms with E-state index in [2.05, 4.69) is 21.2 Å². The van der Waals surface area contributed by atoms with Crippen molar-refractivity contribution in [1.82, 2.24) is 4.90 Å². The molecule has 0 heterocycles. The Morgan fingerprint density at radius 2 is 2.17 bits per heavy atom. The molecule has 1 aromatic carbocycles. The third-order valence-electron chi connectivity index (χ3n) is 2.34. The molecule has 0 unspecified atom stereocenters. The molecule has 0 atom stereocenters. The minimum Gasteiger partial charge on any atom is -0.395 e. The lowest BCUT2D eigenvalue weighted by atomic mass is 10.3. The van der Waals surface area contributed by atoms with Crippen LogP contribution < -0.4 is 5.32 Å². The lowest BCUT2D eigenvalue weighted by Gasteiger charge is -2.22. The highest BCUT2D eigenvalue weighted by Gasteiger charge is 2.13. The topological polar surface area (TPSA) is 61.8 Å². The summed E-state index contributed by atoms with van der Waals surface area (Å²) in [5, 5.41) is 11.7. The molecule has 0 aliphatic carbocycles. The minimum atomic E-state index is -0.256. The van der Waals surface area contributed by atoms with Gasteiger partial charge in [0.2, 0.25) is 0 Å². The fourth-order valence-electron chi connectivity index (χ4n) is 1.39. The Hall–Kier alpha value is -1.11. The fraction of sp³-hybridized carbons (Fsp3) is 0.417. The summed E-state index contributed by atoms with van der Waals surface area (Å²) >= 11 is 3.36. The molecule has 0 aliphatic rings. The van der Waals surface area contributed by atoms with Crippen LogP contribution in [0.1, 0.15) is 0 Å². The molecular weight excluding hydrogens is 300 g/mol. The van der Waals surface area contributed by atoms with Crippen LogP contribution in [-0.4, -0.2) is 49.5 Å². The normalized spacial score (nSPS) is 10.2. The molecule has 18 heavy (non-hydrogen) atoms. The number of halogens is 1. The number of hydrogen-bond donors (Lipinski definition) is 2. The number of nitrogens with zero attached hydrogens (tertiary/aromatic N) is 1. The van der Waals surface area contributed by atoms with Crippen molar-refractivity contribution in [3.8, 4) is 0 Å². The van der Waals surface area contributed by atoms with E-state index in [0.717, 1.165) is 4.47 Å². The lowest BCUT2D eigenvalue weighted by molar-refractivity contribution is 0.142. The second-order valence-corrected chi connectivity index (χ2v) is 4.47. The largest absolute Gasteiger partial charge is 0.395 e. The molecule has 2 amide bonds. The fourth-order valence-corrected chi connectivity index (χ4v) is 1.78. The molecule has 100 valence electrons. The van der Waals surface area contributed by atoms with E-state index in [0.29, 0.717) is 18.8 Å². The van der Waals surface area contributed by atoms with Gasteiger partial charge in [0.25, 0.3) is 0 Å². The van der Waals surface area contributed by atoms with E-state index in [1.165, 1.54) is 4.90 Å². The zero-order valence-corrected chi connectivity index (χ0v) is 11.8. The molecule has 0 saturated carbocycles. The maximum atomic E-state index is 12.0. The van der Waals surface area contributed by atoms with Gasteiger partial charge in [0.1, 0.15) is 0 Å². The summed E-state index contributed by atoms with van der Waals surface area (Å²) in [6, 6.07) is 7.10. The molecule has 0 radical (unpaired) electrons. The van der Waals surface area contributed by atoms with E-state index in [-0.39, 0.29) is 19.2 Å². The van der Waals surface area contributed by atoms with E-state index in [1.54, 1.807) is 13.2 Å². The number of aliphatic hydroxyl groups excluding tert-OH is 1. The highest BCUT2D eigenvalue weighted by molar-refractivity contribution is 9.10. The van der Waals surface area contributed by atoms with Gasteiger partial charge in [0.15, 0.2) is 0 Å². The Bertz CT molecular complexity index is 387. The predicted molar refractivity (Wildman–Crippen MR) is 73.7 cm³/mol. The van der Waals surface area contributed by atoms with Crippen LogP contribution in [0.3, 0.4) is 0 Å². The van der Waals surface area contributed by atoms with Gasteiger partial charge in [0.05, 0.1) is 18.9 Å². The average molecular weight is 317 g/mol. The van der Waals surface area contributed by atoms with E-state index < -0.39 is 0 Å². The molecular formula is C12H17BrN2O3. The quantitative estimate of drug-likeness (QED) is 0.843. The lowest BCUT2D eigenvalue weighted by Crippen LogP contribution is -2.39. The SMILES string of the molecule is COCCN(CCO)C(=O)Nc1ccccc1Br. The number of methoxy groups -OCH3 is 1. The smallest absolute Gasteiger partial charge is 0.322 e. The number of hydrogen-bond acceptors (Lipinski definition) is 3. The van der Waals surface area contributed by atoms with Crippen molar-refractivity contribution in [3.63, 3.8) is 0 Å². The Morgan fingerprint density at radius 3 is 2.78 bits per heavy atom. The molecule has 6 heteroatoms. The van der Waals surface area contributed by atoms with E-state index in [1.807, 2.05) is 18.2 Å². The van der Waals surface area contributed by atoms with Gasteiger partial charge in [-0.1, -0.05) is 12.1 Å². The molecule has 0 aromatic heterocycles. The summed E-state index contributed by atoms with van der Waals surface area (Å²) in [5.41, 5.74) is 0.697. The van der Waals surface area contributed by atoms with Crippen LogP contribution in [0.25, 0.3) is 0 Å². The van der Waals surface area contributed by atoms with Gasteiger partial charge in [-0.2, -0.15) is 0 Å². The van der Waals surface area contributed by atoms with Crippen molar-refractivity contribution in [2.45, 2.75) is 0 Å². The van der Waals surface area contributed by atoms with Gasteiger partial charge in [-0.15, -0.1) is 0 Å². The minimum absolute atomic E-state index is 0.0763. The molecule has 0 aliphatic heterocycles. The zero-order valence-electron chi connectivity index (χ0n) is 10.2. The first kappa shape index (κ1) is 14.9. The van der Waals surface area contributed by atoms with E-state index in [4.69, 9.17) is 9.84 Å². The summed E-state index contributed by atoms with van der Waals surface area (Å²) in [4.78, 5) is 13.5.